The molecule has 2 aromatic heterocycles. The van der Waals surface area contributed by atoms with Crippen LogP contribution in [-0.4, -0.2) is 47.0 Å². The zero-order chi connectivity index (χ0) is 27.8. The van der Waals surface area contributed by atoms with Crippen LogP contribution in [0.25, 0.3) is 10.9 Å². The number of hydrogen-bond acceptors (Lipinski definition) is 5. The molecule has 3 heterocycles. The van der Waals surface area contributed by atoms with Gasteiger partial charge in [0.15, 0.2) is 0 Å². The molecule has 1 amide bonds. The van der Waals surface area contributed by atoms with Gasteiger partial charge < -0.3 is 15.1 Å². The van der Waals surface area contributed by atoms with Crippen molar-refractivity contribution in [3.63, 3.8) is 0 Å². The van der Waals surface area contributed by atoms with Crippen molar-refractivity contribution < 1.29 is 31.1 Å². The number of piperazine rings is 1. The van der Waals surface area contributed by atoms with Gasteiger partial charge in [-0.2, -0.15) is 26.3 Å². The number of anilines is 3. The number of pyridine rings is 2. The SMILES string of the molecule is O=C(c1ccc(Nc2ccnc3cc(C(F)(F)F)ccc23)cc1)N1CCN(c2ncccc2C(F)(F)F)CC1. The monoisotopic (exact) mass is 545 g/mol. The summed E-state index contributed by atoms with van der Waals surface area (Å²) < 4.78 is 79.2. The maximum atomic E-state index is 13.4. The first-order valence-electron chi connectivity index (χ1n) is 11.9. The molecule has 1 aliphatic heterocycles. The first kappa shape index (κ1) is 26.3. The van der Waals surface area contributed by atoms with Gasteiger partial charge in [-0.05, 0) is 54.6 Å². The molecule has 39 heavy (non-hydrogen) atoms. The van der Waals surface area contributed by atoms with Gasteiger partial charge >= 0.3 is 12.4 Å². The predicted molar refractivity (Wildman–Crippen MR) is 134 cm³/mol. The van der Waals surface area contributed by atoms with E-state index in [1.807, 2.05) is 0 Å². The standard InChI is InChI=1S/C27H21F6N5O/c28-26(29,30)18-5-8-20-22(9-11-34-23(20)16-18)36-19-6-3-17(4-7-19)25(39)38-14-12-37(13-15-38)24-21(27(31,32)33)2-1-10-35-24/h1-11,16H,12-15H2,(H,34,36). The lowest BCUT2D eigenvalue weighted by molar-refractivity contribution is -0.138. The molecule has 0 aliphatic carbocycles. The van der Waals surface area contributed by atoms with Crippen LogP contribution >= 0.6 is 0 Å². The summed E-state index contributed by atoms with van der Waals surface area (Å²) in [6, 6.07) is 13.8. The molecule has 0 radical (unpaired) electrons. The average molecular weight is 545 g/mol. The summed E-state index contributed by atoms with van der Waals surface area (Å²) in [5.41, 5.74) is 0.154. The smallest absolute Gasteiger partial charge is 0.355 e. The van der Waals surface area contributed by atoms with E-state index in [1.54, 1.807) is 35.2 Å². The molecule has 5 rings (SSSR count). The fraction of sp³-hybridized carbons (Fsp3) is 0.222. The van der Waals surface area contributed by atoms with Crippen LogP contribution in [0.2, 0.25) is 0 Å². The molecular formula is C27H21F6N5O. The summed E-state index contributed by atoms with van der Waals surface area (Å²) in [6.07, 6.45) is -6.28. The molecule has 12 heteroatoms. The third-order valence-corrected chi connectivity index (χ3v) is 6.44. The van der Waals surface area contributed by atoms with Gasteiger partial charge in [-0.3, -0.25) is 9.78 Å². The van der Waals surface area contributed by atoms with Crippen molar-refractivity contribution in [1.82, 2.24) is 14.9 Å². The van der Waals surface area contributed by atoms with Crippen molar-refractivity contribution in [1.29, 1.82) is 0 Å². The number of amides is 1. The summed E-state index contributed by atoms with van der Waals surface area (Å²) in [7, 11) is 0. The highest BCUT2D eigenvalue weighted by molar-refractivity contribution is 5.96. The van der Waals surface area contributed by atoms with Gasteiger partial charge in [-0.25, -0.2) is 4.98 Å². The highest BCUT2D eigenvalue weighted by Crippen LogP contribution is 2.36. The Morgan fingerprint density at radius 3 is 2.18 bits per heavy atom. The highest BCUT2D eigenvalue weighted by Gasteiger charge is 2.36. The second kappa shape index (κ2) is 10.1. The number of fused-ring (bicyclic) bond motifs is 1. The number of nitrogens with zero attached hydrogens (tertiary/aromatic N) is 4. The van der Waals surface area contributed by atoms with Crippen LogP contribution in [0, 0.1) is 0 Å². The molecule has 0 bridgehead atoms. The fourth-order valence-corrected chi connectivity index (χ4v) is 4.46. The topological polar surface area (TPSA) is 61.4 Å². The summed E-state index contributed by atoms with van der Waals surface area (Å²) >= 11 is 0. The molecule has 1 fully saturated rings. The summed E-state index contributed by atoms with van der Waals surface area (Å²) in [4.78, 5) is 24.1. The average Bonchev–Trinajstić information content (AvgIpc) is 2.92. The van der Waals surface area contributed by atoms with Crippen molar-refractivity contribution in [2.24, 2.45) is 0 Å². The zero-order valence-corrected chi connectivity index (χ0v) is 20.2. The number of aromatic nitrogens is 2. The van der Waals surface area contributed by atoms with E-state index >= 15 is 0 Å². The zero-order valence-electron chi connectivity index (χ0n) is 20.2. The molecular weight excluding hydrogens is 524 g/mol. The number of carbonyl (C=O) groups is 1. The minimum atomic E-state index is -4.53. The Bertz CT molecular complexity index is 1500. The van der Waals surface area contributed by atoms with E-state index in [0.29, 0.717) is 22.3 Å². The van der Waals surface area contributed by atoms with E-state index < -0.39 is 23.5 Å². The van der Waals surface area contributed by atoms with Gasteiger partial charge in [0.05, 0.1) is 16.6 Å². The molecule has 2 aromatic carbocycles. The highest BCUT2D eigenvalue weighted by atomic mass is 19.4. The molecule has 202 valence electrons. The Morgan fingerprint density at radius 1 is 0.795 bits per heavy atom. The number of alkyl halides is 6. The van der Waals surface area contributed by atoms with Crippen molar-refractivity contribution >= 4 is 34.0 Å². The molecule has 1 aliphatic rings. The maximum Gasteiger partial charge on any atom is 0.419 e. The second-order valence-corrected chi connectivity index (χ2v) is 8.94. The summed E-state index contributed by atoms with van der Waals surface area (Å²) in [5.74, 6) is -0.405. The van der Waals surface area contributed by atoms with Crippen molar-refractivity contribution in [3.05, 3.63) is 89.7 Å². The van der Waals surface area contributed by atoms with Gasteiger partial charge in [0.1, 0.15) is 5.82 Å². The van der Waals surface area contributed by atoms with Gasteiger partial charge in [0.2, 0.25) is 0 Å². The Balaban J connectivity index is 1.25. The molecule has 0 unspecified atom stereocenters. The number of benzene rings is 2. The van der Waals surface area contributed by atoms with Crippen LogP contribution in [0.5, 0.6) is 0 Å². The van der Waals surface area contributed by atoms with Crippen LogP contribution in [0.1, 0.15) is 21.5 Å². The maximum absolute atomic E-state index is 13.4. The van der Waals surface area contributed by atoms with Crippen LogP contribution in [0.15, 0.2) is 73.1 Å². The Hall–Kier alpha value is -4.35. The third kappa shape index (κ3) is 5.59. The molecule has 0 spiro atoms. The van der Waals surface area contributed by atoms with E-state index in [4.69, 9.17) is 0 Å². The minimum absolute atomic E-state index is 0.147. The lowest BCUT2D eigenvalue weighted by Gasteiger charge is -2.36. The number of rotatable bonds is 4. The molecule has 6 nitrogen and oxygen atoms in total. The molecule has 0 saturated carbocycles. The second-order valence-electron chi connectivity index (χ2n) is 8.94. The summed E-state index contributed by atoms with van der Waals surface area (Å²) in [6.45, 7) is 0.874. The van der Waals surface area contributed by atoms with Gasteiger partial charge in [0.25, 0.3) is 5.91 Å². The van der Waals surface area contributed by atoms with Gasteiger partial charge in [0, 0.05) is 60.9 Å². The number of halogens is 6. The largest absolute Gasteiger partial charge is 0.419 e. The molecule has 1 saturated heterocycles. The number of carbonyl (C=O) groups excluding carboxylic acids is 1. The van der Waals surface area contributed by atoms with E-state index in [-0.39, 0.29) is 43.4 Å². The molecule has 0 atom stereocenters. The van der Waals surface area contributed by atoms with E-state index in [1.165, 1.54) is 29.4 Å². The fourth-order valence-electron chi connectivity index (χ4n) is 4.46. The number of nitrogens with one attached hydrogen (secondary N) is 1. The minimum Gasteiger partial charge on any atom is -0.355 e. The van der Waals surface area contributed by atoms with E-state index in [0.717, 1.165) is 18.2 Å². The van der Waals surface area contributed by atoms with Crippen LogP contribution in [0.3, 0.4) is 0 Å². The van der Waals surface area contributed by atoms with Gasteiger partial charge in [-0.1, -0.05) is 6.07 Å². The van der Waals surface area contributed by atoms with E-state index in [9.17, 15) is 31.1 Å². The summed E-state index contributed by atoms with van der Waals surface area (Å²) in [5, 5.41) is 3.65. The quantitative estimate of drug-likeness (QED) is 0.302. The lowest BCUT2D eigenvalue weighted by atomic mass is 10.1. The van der Waals surface area contributed by atoms with Crippen LogP contribution < -0.4 is 10.2 Å². The third-order valence-electron chi connectivity index (χ3n) is 6.44. The first-order chi connectivity index (χ1) is 18.5. The van der Waals surface area contributed by atoms with Crippen molar-refractivity contribution in [2.45, 2.75) is 12.4 Å². The van der Waals surface area contributed by atoms with Crippen LogP contribution in [-0.2, 0) is 12.4 Å². The first-order valence-corrected chi connectivity index (χ1v) is 11.9. The normalized spacial score (nSPS) is 14.5. The lowest BCUT2D eigenvalue weighted by Crippen LogP contribution is -2.49. The predicted octanol–water partition coefficient (Wildman–Crippen LogP) is 6.37. The van der Waals surface area contributed by atoms with E-state index in [2.05, 4.69) is 15.3 Å². The Kier molecular flexibility index (Phi) is 6.79. The van der Waals surface area contributed by atoms with Gasteiger partial charge in [-0.15, -0.1) is 0 Å². The van der Waals surface area contributed by atoms with Crippen molar-refractivity contribution in [3.8, 4) is 0 Å². The molecule has 4 aromatic rings. The van der Waals surface area contributed by atoms with Crippen molar-refractivity contribution in [2.75, 3.05) is 36.4 Å². The number of hydrogen-bond donors (Lipinski definition) is 1. The Morgan fingerprint density at radius 2 is 1.51 bits per heavy atom. The molecule has 1 N–H and O–H groups in total. The Labute approximate surface area is 218 Å². The van der Waals surface area contributed by atoms with Crippen LogP contribution in [0.4, 0.5) is 43.5 Å².